The van der Waals surface area contributed by atoms with Crippen LogP contribution in [0.5, 0.6) is 0 Å². The first-order valence-corrected chi connectivity index (χ1v) is 8.20. The number of nitrogens with one attached hydrogen (secondary N) is 1. The van der Waals surface area contributed by atoms with E-state index in [4.69, 9.17) is 0 Å². The number of para-hydroxylation sites is 1. The van der Waals surface area contributed by atoms with Gasteiger partial charge < -0.3 is 9.88 Å². The summed E-state index contributed by atoms with van der Waals surface area (Å²) in [5, 5.41) is 12.6. The van der Waals surface area contributed by atoms with Gasteiger partial charge in [0.25, 0.3) is 5.69 Å². The van der Waals surface area contributed by atoms with Crippen LogP contribution >= 0.6 is 15.9 Å². The third-order valence-electron chi connectivity index (χ3n) is 4.36. The number of H-pyrrole nitrogens is 1. The number of fused-ring (bicyclic) bond motifs is 3. The molecule has 116 valence electrons. The molecular formula is C17H14BrN3O2. The topological polar surface area (TPSA) is 62.2 Å². The van der Waals surface area contributed by atoms with Crippen molar-refractivity contribution in [2.45, 2.75) is 13.0 Å². The van der Waals surface area contributed by atoms with Crippen molar-refractivity contribution in [1.82, 2.24) is 4.98 Å². The van der Waals surface area contributed by atoms with Gasteiger partial charge in [-0.1, -0.05) is 34.1 Å². The minimum Gasteiger partial charge on any atom is -0.361 e. The predicted molar refractivity (Wildman–Crippen MR) is 93.8 cm³/mol. The van der Waals surface area contributed by atoms with Gasteiger partial charge in [-0.15, -0.1) is 0 Å². The fourth-order valence-electron chi connectivity index (χ4n) is 3.28. The van der Waals surface area contributed by atoms with E-state index < -0.39 is 0 Å². The Bertz CT molecular complexity index is 919. The smallest absolute Gasteiger partial charge is 0.293 e. The van der Waals surface area contributed by atoms with Crippen LogP contribution in [0.1, 0.15) is 11.3 Å². The van der Waals surface area contributed by atoms with Crippen LogP contribution in [0.25, 0.3) is 10.9 Å². The lowest BCUT2D eigenvalue weighted by Crippen LogP contribution is -2.30. The second-order valence-corrected chi connectivity index (χ2v) is 6.61. The molecule has 23 heavy (non-hydrogen) atoms. The Hall–Kier alpha value is -2.34. The molecule has 0 saturated heterocycles. The van der Waals surface area contributed by atoms with Gasteiger partial charge in [-0.3, -0.25) is 10.1 Å². The average molecular weight is 372 g/mol. The number of rotatable bonds is 2. The highest BCUT2D eigenvalue weighted by atomic mass is 79.9. The summed E-state index contributed by atoms with van der Waals surface area (Å²) in [6.07, 6.45) is 0.858. The maximum atomic E-state index is 11.4. The van der Waals surface area contributed by atoms with E-state index >= 15 is 0 Å². The second-order valence-electron chi connectivity index (χ2n) is 5.69. The Morgan fingerprint density at radius 2 is 2.04 bits per heavy atom. The lowest BCUT2D eigenvalue weighted by molar-refractivity contribution is -0.384. The molecule has 0 unspecified atom stereocenters. The van der Waals surface area contributed by atoms with Crippen molar-refractivity contribution in [3.05, 3.63) is 68.3 Å². The van der Waals surface area contributed by atoms with Crippen molar-refractivity contribution in [3.63, 3.8) is 0 Å². The number of nitro benzene ring substituents is 1. The number of aromatic nitrogens is 1. The third-order valence-corrected chi connectivity index (χ3v) is 4.85. The fraction of sp³-hybridized carbons (Fsp3) is 0.176. The van der Waals surface area contributed by atoms with Gasteiger partial charge in [0.05, 0.1) is 4.92 Å². The number of benzene rings is 2. The van der Waals surface area contributed by atoms with E-state index in [1.54, 1.807) is 6.07 Å². The summed E-state index contributed by atoms with van der Waals surface area (Å²) in [7, 11) is 0. The normalized spacial score (nSPS) is 14.0. The van der Waals surface area contributed by atoms with E-state index in [0.717, 1.165) is 23.0 Å². The summed E-state index contributed by atoms with van der Waals surface area (Å²) >= 11 is 3.31. The van der Waals surface area contributed by atoms with Gasteiger partial charge in [-0.25, -0.2) is 0 Å². The molecule has 4 rings (SSSR count). The summed E-state index contributed by atoms with van der Waals surface area (Å²) in [6, 6.07) is 13.5. The first-order chi connectivity index (χ1) is 11.1. The highest BCUT2D eigenvalue weighted by Crippen LogP contribution is 2.36. The third kappa shape index (κ3) is 2.39. The molecule has 0 saturated carbocycles. The van der Waals surface area contributed by atoms with E-state index in [-0.39, 0.29) is 10.6 Å². The van der Waals surface area contributed by atoms with Gasteiger partial charge >= 0.3 is 0 Å². The molecule has 0 radical (unpaired) electrons. The molecule has 5 nitrogen and oxygen atoms in total. The number of halogens is 1. The zero-order valence-electron chi connectivity index (χ0n) is 12.3. The molecule has 6 heteroatoms. The second kappa shape index (κ2) is 5.38. The summed E-state index contributed by atoms with van der Waals surface area (Å²) in [4.78, 5) is 16.6. The predicted octanol–water partition coefficient (Wildman–Crippen LogP) is 4.40. The molecule has 0 fully saturated rings. The maximum absolute atomic E-state index is 11.4. The molecule has 2 heterocycles. The van der Waals surface area contributed by atoms with Crippen molar-refractivity contribution in [1.29, 1.82) is 0 Å². The van der Waals surface area contributed by atoms with Gasteiger partial charge in [0.2, 0.25) is 0 Å². The molecule has 1 aliphatic rings. The number of aromatic amines is 1. The summed E-state index contributed by atoms with van der Waals surface area (Å²) in [5.41, 5.74) is 4.42. The number of hydrogen-bond donors (Lipinski definition) is 1. The molecule has 1 N–H and O–H groups in total. The minimum atomic E-state index is -0.315. The van der Waals surface area contributed by atoms with Crippen LogP contribution in [0.3, 0.4) is 0 Å². The zero-order chi connectivity index (χ0) is 16.0. The SMILES string of the molecule is O=[N+]([O-])c1cc(Br)ccc1N1CCc2[nH]c3ccccc3c2C1. The highest BCUT2D eigenvalue weighted by molar-refractivity contribution is 9.10. The Balaban J connectivity index is 1.77. The Morgan fingerprint density at radius 3 is 2.87 bits per heavy atom. The number of anilines is 1. The summed E-state index contributed by atoms with van der Waals surface area (Å²) in [5.74, 6) is 0. The average Bonchev–Trinajstić information content (AvgIpc) is 2.92. The number of nitro groups is 1. The van der Waals surface area contributed by atoms with Gasteiger partial charge in [0, 0.05) is 52.2 Å². The van der Waals surface area contributed by atoms with E-state index in [1.807, 2.05) is 24.3 Å². The summed E-state index contributed by atoms with van der Waals surface area (Å²) < 4.78 is 0.720. The van der Waals surface area contributed by atoms with E-state index in [2.05, 4.69) is 37.9 Å². The van der Waals surface area contributed by atoms with Crippen LogP contribution in [0.2, 0.25) is 0 Å². The highest BCUT2D eigenvalue weighted by Gasteiger charge is 2.25. The Morgan fingerprint density at radius 1 is 1.22 bits per heavy atom. The van der Waals surface area contributed by atoms with Crippen LogP contribution in [0.15, 0.2) is 46.9 Å². The van der Waals surface area contributed by atoms with Gasteiger partial charge in [-0.2, -0.15) is 0 Å². The van der Waals surface area contributed by atoms with Crippen LogP contribution in [-0.4, -0.2) is 16.5 Å². The molecular weight excluding hydrogens is 358 g/mol. The van der Waals surface area contributed by atoms with Gasteiger partial charge in [-0.05, 0) is 18.2 Å². The molecule has 2 aromatic carbocycles. The van der Waals surface area contributed by atoms with Crippen LogP contribution in [-0.2, 0) is 13.0 Å². The van der Waals surface area contributed by atoms with E-state index in [9.17, 15) is 10.1 Å². The Labute approximate surface area is 141 Å². The van der Waals surface area contributed by atoms with Gasteiger partial charge in [0.15, 0.2) is 0 Å². The molecule has 0 amide bonds. The standard InChI is InChI=1S/C17H14BrN3O2/c18-11-5-6-16(17(9-11)21(22)23)20-8-7-15-13(10-20)12-3-1-2-4-14(12)19-15/h1-6,9,19H,7-8,10H2. The van der Waals surface area contributed by atoms with Crippen molar-refractivity contribution in [3.8, 4) is 0 Å². The van der Waals surface area contributed by atoms with Crippen molar-refractivity contribution >= 4 is 38.2 Å². The van der Waals surface area contributed by atoms with Gasteiger partial charge in [0.1, 0.15) is 5.69 Å². The molecule has 0 atom stereocenters. The molecule has 0 bridgehead atoms. The first-order valence-electron chi connectivity index (χ1n) is 7.41. The van der Waals surface area contributed by atoms with Crippen LogP contribution < -0.4 is 4.90 Å². The lowest BCUT2D eigenvalue weighted by Gasteiger charge is -2.29. The number of hydrogen-bond acceptors (Lipinski definition) is 3. The molecule has 1 aromatic heterocycles. The Kier molecular flexibility index (Phi) is 3.34. The molecule has 0 spiro atoms. The molecule has 3 aromatic rings. The van der Waals surface area contributed by atoms with E-state index in [0.29, 0.717) is 12.2 Å². The molecule has 1 aliphatic heterocycles. The van der Waals surface area contributed by atoms with Crippen LogP contribution in [0.4, 0.5) is 11.4 Å². The quantitative estimate of drug-likeness (QED) is 0.536. The monoisotopic (exact) mass is 371 g/mol. The minimum absolute atomic E-state index is 0.141. The zero-order valence-corrected chi connectivity index (χ0v) is 13.8. The first kappa shape index (κ1) is 14.3. The lowest BCUT2D eigenvalue weighted by atomic mass is 10.0. The van der Waals surface area contributed by atoms with Crippen molar-refractivity contribution in [2.75, 3.05) is 11.4 Å². The number of nitrogens with zero attached hydrogens (tertiary/aromatic N) is 2. The van der Waals surface area contributed by atoms with Crippen molar-refractivity contribution < 1.29 is 4.92 Å². The summed E-state index contributed by atoms with van der Waals surface area (Å²) in [6.45, 7) is 1.45. The van der Waals surface area contributed by atoms with E-state index in [1.165, 1.54) is 16.6 Å². The van der Waals surface area contributed by atoms with Crippen LogP contribution in [0, 0.1) is 10.1 Å². The largest absolute Gasteiger partial charge is 0.361 e. The maximum Gasteiger partial charge on any atom is 0.293 e. The van der Waals surface area contributed by atoms with Crippen molar-refractivity contribution in [2.24, 2.45) is 0 Å². The molecule has 0 aliphatic carbocycles. The fourth-order valence-corrected chi connectivity index (χ4v) is 3.63.